The fourth-order valence-electron chi connectivity index (χ4n) is 3.52. The topological polar surface area (TPSA) is 22.0 Å². The van der Waals surface area contributed by atoms with Gasteiger partial charge in [-0.1, -0.05) is 38.5 Å². The lowest BCUT2D eigenvalue weighted by Crippen LogP contribution is -2.22. The Labute approximate surface area is 120 Å². The first-order valence-electron chi connectivity index (χ1n) is 7.89. The van der Waals surface area contributed by atoms with Crippen LogP contribution in [0.1, 0.15) is 55.6 Å². The van der Waals surface area contributed by atoms with E-state index in [-0.39, 0.29) is 11.8 Å². The van der Waals surface area contributed by atoms with Gasteiger partial charge in [0.2, 0.25) is 5.91 Å². The zero-order valence-corrected chi connectivity index (χ0v) is 12.5. The van der Waals surface area contributed by atoms with Crippen LogP contribution in [-0.4, -0.2) is 10.5 Å². The molecule has 1 atom stereocenters. The number of aromatic nitrogens is 1. The quantitative estimate of drug-likeness (QED) is 0.798. The van der Waals surface area contributed by atoms with Gasteiger partial charge in [0, 0.05) is 17.0 Å². The summed E-state index contributed by atoms with van der Waals surface area (Å²) in [5.41, 5.74) is 3.82. The zero-order chi connectivity index (χ0) is 14.1. The van der Waals surface area contributed by atoms with E-state index in [1.165, 1.54) is 29.5 Å². The summed E-state index contributed by atoms with van der Waals surface area (Å²) in [5.74, 6) is 0.396. The molecule has 0 radical (unpaired) electrons. The maximum atomic E-state index is 12.8. The Kier molecular flexibility index (Phi) is 3.64. The van der Waals surface area contributed by atoms with Crippen molar-refractivity contribution in [1.29, 1.82) is 0 Å². The number of para-hydroxylation sites is 1. The highest BCUT2D eigenvalue weighted by Gasteiger charge is 2.25. The Morgan fingerprint density at radius 3 is 2.80 bits per heavy atom. The van der Waals surface area contributed by atoms with Gasteiger partial charge in [0.15, 0.2) is 0 Å². The van der Waals surface area contributed by atoms with E-state index in [1.54, 1.807) is 0 Å². The number of benzene rings is 1. The van der Waals surface area contributed by atoms with Gasteiger partial charge < -0.3 is 0 Å². The van der Waals surface area contributed by atoms with Crippen LogP contribution in [0.15, 0.2) is 24.3 Å². The molecular formula is C18H23NO. The number of fused-ring (bicyclic) bond motifs is 3. The minimum atomic E-state index is 0.113. The van der Waals surface area contributed by atoms with Crippen molar-refractivity contribution in [1.82, 2.24) is 4.57 Å². The summed E-state index contributed by atoms with van der Waals surface area (Å²) in [4.78, 5) is 12.8. The predicted molar refractivity (Wildman–Crippen MR) is 83.3 cm³/mol. The lowest BCUT2D eigenvalue weighted by molar-refractivity contribution is 0.0840. The first-order valence-corrected chi connectivity index (χ1v) is 7.89. The van der Waals surface area contributed by atoms with Crippen LogP contribution in [0.4, 0.5) is 0 Å². The molecule has 1 aliphatic rings. The fraction of sp³-hybridized carbons (Fsp3) is 0.500. The van der Waals surface area contributed by atoms with Crippen molar-refractivity contribution < 1.29 is 4.79 Å². The highest BCUT2D eigenvalue weighted by molar-refractivity contribution is 5.97. The Morgan fingerprint density at radius 1 is 1.25 bits per heavy atom. The van der Waals surface area contributed by atoms with Crippen LogP contribution in [0.5, 0.6) is 0 Å². The highest BCUT2D eigenvalue weighted by Crippen LogP contribution is 2.32. The molecule has 0 aliphatic heterocycles. The molecule has 1 aromatic heterocycles. The van der Waals surface area contributed by atoms with E-state index >= 15 is 0 Å². The molecule has 3 rings (SSSR count). The molecule has 0 saturated carbocycles. The smallest absolute Gasteiger partial charge is 0.234 e. The lowest BCUT2D eigenvalue weighted by atomic mass is 9.95. The van der Waals surface area contributed by atoms with Gasteiger partial charge in [-0.05, 0) is 43.7 Å². The predicted octanol–water partition coefficient (Wildman–Crippen LogP) is 4.60. The number of aryl methyl sites for hydroxylation is 1. The molecular weight excluding hydrogens is 246 g/mol. The summed E-state index contributed by atoms with van der Waals surface area (Å²) in [6.07, 6.45) is 6.67. The van der Waals surface area contributed by atoms with Crippen LogP contribution in [0, 0.1) is 5.92 Å². The highest BCUT2D eigenvalue weighted by atomic mass is 16.2. The molecule has 0 N–H and O–H groups in total. The molecule has 0 bridgehead atoms. The molecule has 0 saturated heterocycles. The maximum absolute atomic E-state index is 12.8. The van der Waals surface area contributed by atoms with E-state index in [1.807, 2.05) is 10.6 Å². The Balaban J connectivity index is 2.16. The Bertz CT molecular complexity index is 638. The normalized spacial score (nSPS) is 16.1. The van der Waals surface area contributed by atoms with Crippen LogP contribution in [0.2, 0.25) is 0 Å². The number of rotatable bonds is 3. The fourth-order valence-corrected chi connectivity index (χ4v) is 3.52. The number of carbonyl (C=O) groups excluding carboxylic acids is 1. The summed E-state index contributed by atoms with van der Waals surface area (Å²) < 4.78 is 2.03. The lowest BCUT2D eigenvalue weighted by Gasteiger charge is -2.17. The zero-order valence-electron chi connectivity index (χ0n) is 12.5. The van der Waals surface area contributed by atoms with Crippen LogP contribution in [0.25, 0.3) is 10.9 Å². The van der Waals surface area contributed by atoms with E-state index in [0.717, 1.165) is 31.2 Å². The molecule has 1 unspecified atom stereocenters. The molecule has 0 fully saturated rings. The minimum absolute atomic E-state index is 0.113. The number of hydrogen-bond acceptors (Lipinski definition) is 1. The molecule has 1 heterocycles. The van der Waals surface area contributed by atoms with Gasteiger partial charge in [0.25, 0.3) is 0 Å². The van der Waals surface area contributed by atoms with Crippen molar-refractivity contribution in [3.05, 3.63) is 35.5 Å². The third-order valence-corrected chi connectivity index (χ3v) is 4.54. The van der Waals surface area contributed by atoms with E-state index in [0.29, 0.717) is 0 Å². The first-order chi connectivity index (χ1) is 9.74. The van der Waals surface area contributed by atoms with Crippen LogP contribution < -0.4 is 0 Å². The van der Waals surface area contributed by atoms with Gasteiger partial charge in [-0.2, -0.15) is 0 Å². The van der Waals surface area contributed by atoms with Gasteiger partial charge in [0.05, 0.1) is 5.52 Å². The summed E-state index contributed by atoms with van der Waals surface area (Å²) in [6.45, 7) is 4.21. The van der Waals surface area contributed by atoms with Crippen molar-refractivity contribution in [2.45, 2.75) is 52.4 Å². The van der Waals surface area contributed by atoms with Gasteiger partial charge >= 0.3 is 0 Å². The number of nitrogens with zero attached hydrogens (tertiary/aromatic N) is 1. The van der Waals surface area contributed by atoms with Gasteiger partial charge in [-0.25, -0.2) is 0 Å². The molecule has 2 nitrogen and oxygen atoms in total. The number of carbonyl (C=O) groups is 1. The van der Waals surface area contributed by atoms with E-state index in [9.17, 15) is 4.79 Å². The monoisotopic (exact) mass is 269 g/mol. The van der Waals surface area contributed by atoms with Gasteiger partial charge in [-0.3, -0.25) is 9.36 Å². The SMILES string of the molecule is CCCC(C)C(=O)n1c2c(c3ccccc31)CCCC2. The van der Waals surface area contributed by atoms with Crippen molar-refractivity contribution in [2.24, 2.45) is 5.92 Å². The third kappa shape index (κ3) is 2.07. The van der Waals surface area contributed by atoms with Crippen LogP contribution in [-0.2, 0) is 12.8 Å². The van der Waals surface area contributed by atoms with Crippen molar-refractivity contribution in [3.8, 4) is 0 Å². The Morgan fingerprint density at radius 2 is 2.00 bits per heavy atom. The molecule has 0 amide bonds. The molecule has 2 heteroatoms. The average molecular weight is 269 g/mol. The summed E-state index contributed by atoms with van der Waals surface area (Å²) in [6, 6.07) is 8.40. The minimum Gasteiger partial charge on any atom is -0.284 e. The molecule has 1 aliphatic carbocycles. The maximum Gasteiger partial charge on any atom is 0.234 e. The van der Waals surface area contributed by atoms with E-state index in [4.69, 9.17) is 0 Å². The van der Waals surface area contributed by atoms with Crippen LogP contribution >= 0.6 is 0 Å². The van der Waals surface area contributed by atoms with E-state index < -0.39 is 0 Å². The Hall–Kier alpha value is -1.57. The molecule has 20 heavy (non-hydrogen) atoms. The van der Waals surface area contributed by atoms with Crippen molar-refractivity contribution >= 4 is 16.8 Å². The standard InChI is InChI=1S/C18H23NO/c1-3-8-13(2)18(20)19-16-11-6-4-9-14(16)15-10-5-7-12-17(15)19/h4,6,9,11,13H,3,5,7-8,10,12H2,1-2H3. The van der Waals surface area contributed by atoms with E-state index in [2.05, 4.69) is 32.0 Å². The number of hydrogen-bond donors (Lipinski definition) is 0. The molecule has 106 valence electrons. The second-order valence-electron chi connectivity index (χ2n) is 6.01. The van der Waals surface area contributed by atoms with Gasteiger partial charge in [0.1, 0.15) is 0 Å². The molecule has 2 aromatic rings. The molecule has 0 spiro atoms. The average Bonchev–Trinajstić information content (AvgIpc) is 2.81. The van der Waals surface area contributed by atoms with Crippen molar-refractivity contribution in [3.63, 3.8) is 0 Å². The molecule has 1 aromatic carbocycles. The summed E-state index contributed by atoms with van der Waals surface area (Å²) in [7, 11) is 0. The summed E-state index contributed by atoms with van der Waals surface area (Å²) >= 11 is 0. The van der Waals surface area contributed by atoms with Gasteiger partial charge in [-0.15, -0.1) is 0 Å². The third-order valence-electron chi connectivity index (χ3n) is 4.54. The largest absolute Gasteiger partial charge is 0.284 e. The summed E-state index contributed by atoms with van der Waals surface area (Å²) in [5, 5.41) is 1.29. The second-order valence-corrected chi connectivity index (χ2v) is 6.01. The van der Waals surface area contributed by atoms with Crippen LogP contribution in [0.3, 0.4) is 0 Å². The first kappa shape index (κ1) is 13.4. The van der Waals surface area contributed by atoms with Crippen molar-refractivity contribution in [2.75, 3.05) is 0 Å². The second kappa shape index (κ2) is 5.43.